The van der Waals surface area contributed by atoms with Gasteiger partial charge >= 0.3 is 5.97 Å². The summed E-state index contributed by atoms with van der Waals surface area (Å²) in [5.74, 6) is -1.31. The van der Waals surface area contributed by atoms with E-state index in [-0.39, 0.29) is 18.7 Å². The number of carbonyl (C=O) groups excluding carboxylic acids is 1. The van der Waals surface area contributed by atoms with Crippen molar-refractivity contribution < 1.29 is 14.7 Å². The van der Waals surface area contributed by atoms with E-state index in [0.29, 0.717) is 5.13 Å². The van der Waals surface area contributed by atoms with Gasteiger partial charge in [-0.15, -0.1) is 11.3 Å². The maximum atomic E-state index is 11.6. The van der Waals surface area contributed by atoms with E-state index in [9.17, 15) is 9.59 Å². The summed E-state index contributed by atoms with van der Waals surface area (Å²) in [6.07, 6.45) is 3.22. The zero-order valence-corrected chi connectivity index (χ0v) is 13.9. The quantitative estimate of drug-likeness (QED) is 0.767. The van der Waals surface area contributed by atoms with Crippen molar-refractivity contribution in [2.45, 2.75) is 39.0 Å². The molecule has 0 unspecified atom stereocenters. The molecule has 0 aliphatic rings. The van der Waals surface area contributed by atoms with Gasteiger partial charge in [-0.05, 0) is 18.4 Å². The molecule has 0 aliphatic carbocycles. The first-order valence-electron chi connectivity index (χ1n) is 7.65. The van der Waals surface area contributed by atoms with Gasteiger partial charge in [0.25, 0.3) is 0 Å². The average molecular weight is 332 g/mol. The van der Waals surface area contributed by atoms with Gasteiger partial charge in [-0.1, -0.05) is 37.6 Å². The van der Waals surface area contributed by atoms with Gasteiger partial charge < -0.3 is 10.4 Å². The van der Waals surface area contributed by atoms with E-state index < -0.39 is 5.97 Å². The molecule has 1 aromatic carbocycles. The third-order valence-electron chi connectivity index (χ3n) is 3.39. The van der Waals surface area contributed by atoms with Gasteiger partial charge in [-0.2, -0.15) is 0 Å². The van der Waals surface area contributed by atoms with Gasteiger partial charge in [0.05, 0.1) is 12.1 Å². The van der Waals surface area contributed by atoms with Gasteiger partial charge in [-0.25, -0.2) is 4.98 Å². The van der Waals surface area contributed by atoms with E-state index in [2.05, 4.69) is 29.4 Å². The first-order valence-corrected chi connectivity index (χ1v) is 8.53. The van der Waals surface area contributed by atoms with Crippen LogP contribution in [-0.2, 0) is 16.0 Å². The number of nitrogens with zero attached hydrogens (tertiary/aromatic N) is 1. The zero-order valence-electron chi connectivity index (χ0n) is 13.0. The second-order valence-electron chi connectivity index (χ2n) is 5.28. The summed E-state index contributed by atoms with van der Waals surface area (Å²) in [5.41, 5.74) is 3.13. The molecule has 2 rings (SSSR count). The van der Waals surface area contributed by atoms with Crippen LogP contribution in [0.15, 0.2) is 29.6 Å². The van der Waals surface area contributed by atoms with E-state index in [1.54, 1.807) is 0 Å². The van der Waals surface area contributed by atoms with Crippen LogP contribution < -0.4 is 5.32 Å². The lowest BCUT2D eigenvalue weighted by atomic mass is 10.1. The Labute approximate surface area is 139 Å². The fourth-order valence-corrected chi connectivity index (χ4v) is 2.82. The summed E-state index contributed by atoms with van der Waals surface area (Å²) in [6, 6.07) is 8.29. The Hall–Kier alpha value is -2.21. The number of rotatable bonds is 8. The van der Waals surface area contributed by atoms with Crippen LogP contribution >= 0.6 is 11.3 Å². The summed E-state index contributed by atoms with van der Waals surface area (Å²) < 4.78 is 0. The lowest BCUT2D eigenvalue weighted by molar-refractivity contribution is -0.138. The van der Waals surface area contributed by atoms with Crippen molar-refractivity contribution in [1.29, 1.82) is 0 Å². The number of carbonyl (C=O) groups is 2. The lowest BCUT2D eigenvalue weighted by Crippen LogP contribution is -2.12. The number of nitrogens with one attached hydrogen (secondary N) is 1. The van der Waals surface area contributed by atoms with E-state index in [0.717, 1.165) is 17.7 Å². The van der Waals surface area contributed by atoms with Crippen LogP contribution in [0.25, 0.3) is 11.3 Å². The number of aryl methyl sites for hydroxylation is 1. The molecule has 1 amide bonds. The van der Waals surface area contributed by atoms with Crippen molar-refractivity contribution in [3.05, 3.63) is 35.2 Å². The molecule has 0 radical (unpaired) electrons. The molecule has 1 aromatic heterocycles. The Balaban J connectivity index is 1.95. The average Bonchev–Trinajstić information content (AvgIpc) is 3.00. The fraction of sp³-hybridized carbons (Fsp3) is 0.353. The normalized spacial score (nSPS) is 10.5. The minimum Gasteiger partial charge on any atom is -0.481 e. The number of carboxylic acids is 1. The van der Waals surface area contributed by atoms with Gasteiger partial charge in [-0.3, -0.25) is 9.59 Å². The van der Waals surface area contributed by atoms with Crippen LogP contribution in [0, 0.1) is 0 Å². The number of aromatic nitrogens is 1. The van der Waals surface area contributed by atoms with E-state index >= 15 is 0 Å². The number of benzene rings is 1. The van der Waals surface area contributed by atoms with Crippen LogP contribution in [0.5, 0.6) is 0 Å². The summed E-state index contributed by atoms with van der Waals surface area (Å²) in [5, 5.41) is 13.6. The lowest BCUT2D eigenvalue weighted by Gasteiger charge is -2.02. The number of unbranched alkanes of at least 4 members (excludes halogenated alkanes) is 1. The molecule has 0 spiro atoms. The van der Waals surface area contributed by atoms with Gasteiger partial charge in [0.1, 0.15) is 0 Å². The predicted octanol–water partition coefficient (Wildman–Crippen LogP) is 3.96. The smallest absolute Gasteiger partial charge is 0.303 e. The van der Waals surface area contributed by atoms with Crippen LogP contribution in [0.4, 0.5) is 5.13 Å². The van der Waals surface area contributed by atoms with Gasteiger partial charge in [0, 0.05) is 17.4 Å². The van der Waals surface area contributed by atoms with Crippen molar-refractivity contribution in [2.24, 2.45) is 0 Å². The number of carboxylic acid groups (broad SMARTS) is 1. The largest absolute Gasteiger partial charge is 0.481 e. The van der Waals surface area contributed by atoms with E-state index in [1.165, 1.54) is 29.7 Å². The highest BCUT2D eigenvalue weighted by Crippen LogP contribution is 2.25. The molecule has 0 bridgehead atoms. The Morgan fingerprint density at radius 1 is 1.22 bits per heavy atom. The van der Waals surface area contributed by atoms with Gasteiger partial charge in [0.15, 0.2) is 5.13 Å². The third kappa shape index (κ3) is 5.49. The van der Waals surface area contributed by atoms with Crippen molar-refractivity contribution in [1.82, 2.24) is 4.98 Å². The maximum absolute atomic E-state index is 11.6. The molecule has 122 valence electrons. The topological polar surface area (TPSA) is 79.3 Å². The van der Waals surface area contributed by atoms with Crippen LogP contribution in [-0.4, -0.2) is 22.0 Å². The Bertz CT molecular complexity index is 665. The molecule has 2 N–H and O–H groups in total. The molecule has 5 nitrogen and oxygen atoms in total. The molecular formula is C17H20N2O3S. The number of amides is 1. The van der Waals surface area contributed by atoms with Crippen molar-refractivity contribution in [2.75, 3.05) is 5.32 Å². The zero-order chi connectivity index (χ0) is 16.7. The first-order chi connectivity index (χ1) is 11.1. The number of aliphatic carboxylic acids is 1. The molecule has 0 aliphatic heterocycles. The molecule has 0 saturated carbocycles. The monoisotopic (exact) mass is 332 g/mol. The standard InChI is InChI=1S/C17H20N2O3S/c1-2-3-4-12-5-7-13(8-6-12)14-11-23-17(18-14)19-15(20)9-10-16(21)22/h5-8,11H,2-4,9-10H2,1H3,(H,21,22)(H,18,19,20). The highest BCUT2D eigenvalue weighted by atomic mass is 32.1. The predicted molar refractivity (Wildman–Crippen MR) is 91.7 cm³/mol. The van der Waals surface area contributed by atoms with Crippen LogP contribution in [0.2, 0.25) is 0 Å². The van der Waals surface area contributed by atoms with E-state index in [1.807, 2.05) is 17.5 Å². The molecular weight excluding hydrogens is 312 g/mol. The maximum Gasteiger partial charge on any atom is 0.303 e. The Morgan fingerprint density at radius 2 is 1.96 bits per heavy atom. The van der Waals surface area contributed by atoms with Crippen LogP contribution in [0.1, 0.15) is 38.2 Å². The number of hydrogen-bond donors (Lipinski definition) is 2. The summed E-state index contributed by atoms with van der Waals surface area (Å²) in [6.45, 7) is 2.18. The van der Waals surface area contributed by atoms with E-state index in [4.69, 9.17) is 5.11 Å². The minimum atomic E-state index is -0.983. The fourth-order valence-electron chi connectivity index (χ4n) is 2.09. The second-order valence-corrected chi connectivity index (χ2v) is 6.14. The summed E-state index contributed by atoms with van der Waals surface area (Å²) in [7, 11) is 0. The highest BCUT2D eigenvalue weighted by molar-refractivity contribution is 7.14. The molecule has 23 heavy (non-hydrogen) atoms. The molecule has 6 heteroatoms. The van der Waals surface area contributed by atoms with Crippen LogP contribution in [0.3, 0.4) is 0 Å². The second kappa shape index (κ2) is 8.43. The number of thiazole rings is 1. The molecule has 1 heterocycles. The van der Waals surface area contributed by atoms with Gasteiger partial charge in [0.2, 0.25) is 5.91 Å². The third-order valence-corrected chi connectivity index (χ3v) is 4.14. The SMILES string of the molecule is CCCCc1ccc(-c2csc(NC(=O)CCC(=O)O)n2)cc1. The summed E-state index contributed by atoms with van der Waals surface area (Å²) in [4.78, 5) is 26.4. The Kier molecular flexibility index (Phi) is 6.29. The molecule has 0 atom stereocenters. The molecule has 2 aromatic rings. The number of hydrogen-bond acceptors (Lipinski definition) is 4. The Morgan fingerprint density at radius 3 is 2.61 bits per heavy atom. The highest BCUT2D eigenvalue weighted by Gasteiger charge is 2.09. The molecule has 0 saturated heterocycles. The molecule has 0 fully saturated rings. The van der Waals surface area contributed by atoms with Crippen molar-refractivity contribution >= 4 is 28.3 Å². The van der Waals surface area contributed by atoms with Crippen molar-refractivity contribution in [3.8, 4) is 11.3 Å². The summed E-state index contributed by atoms with van der Waals surface area (Å²) >= 11 is 1.33. The van der Waals surface area contributed by atoms with Crippen molar-refractivity contribution in [3.63, 3.8) is 0 Å². The minimum absolute atomic E-state index is 0.0453. The first kappa shape index (κ1) is 17.1. The number of anilines is 1.